The number of piperazine rings is 1. The van der Waals surface area contributed by atoms with Gasteiger partial charge >= 0.3 is 0 Å². The maximum Gasteiger partial charge on any atom is 0.240 e. The van der Waals surface area contributed by atoms with Crippen LogP contribution in [0.5, 0.6) is 0 Å². The summed E-state index contributed by atoms with van der Waals surface area (Å²) in [6.45, 7) is 2.88. The molecule has 2 aliphatic rings. The van der Waals surface area contributed by atoms with Gasteiger partial charge in [0, 0.05) is 51.9 Å². The fourth-order valence-electron chi connectivity index (χ4n) is 2.88. The second kappa shape index (κ2) is 8.33. The van der Waals surface area contributed by atoms with E-state index < -0.39 is 5.66 Å². The molecule has 1 N–H and O–H groups in total. The molecule has 0 saturated carbocycles. The van der Waals surface area contributed by atoms with Gasteiger partial charge in [-0.2, -0.15) is 10.2 Å². The maximum absolute atomic E-state index is 12.4. The highest BCUT2D eigenvalue weighted by Crippen LogP contribution is 2.37. The first-order valence-corrected chi connectivity index (χ1v) is 9.42. The summed E-state index contributed by atoms with van der Waals surface area (Å²) in [6.07, 6.45) is 7.66. The second-order valence-electron chi connectivity index (χ2n) is 6.34. The van der Waals surface area contributed by atoms with Crippen molar-refractivity contribution in [3.8, 4) is 12.3 Å². The minimum Gasteiger partial charge on any atom is -0.340 e. The van der Waals surface area contributed by atoms with E-state index in [1.54, 1.807) is 5.51 Å². The molecule has 0 aliphatic carbocycles. The number of amides is 2. The molecule has 1 saturated heterocycles. The van der Waals surface area contributed by atoms with Crippen molar-refractivity contribution >= 4 is 28.3 Å². The molecule has 0 atom stereocenters. The summed E-state index contributed by atoms with van der Waals surface area (Å²) >= 11 is 1.28. The molecule has 10 heteroatoms. The molecule has 26 heavy (non-hydrogen) atoms. The molecule has 9 nitrogen and oxygen atoms in total. The average Bonchev–Trinajstić information content (AvgIpc) is 3.24. The van der Waals surface area contributed by atoms with Crippen LogP contribution in [0.15, 0.2) is 15.7 Å². The van der Waals surface area contributed by atoms with Crippen LogP contribution in [-0.4, -0.2) is 70.2 Å². The van der Waals surface area contributed by atoms with Gasteiger partial charge in [-0.05, 0) is 0 Å². The monoisotopic (exact) mass is 375 g/mol. The molecular weight excluding hydrogens is 354 g/mol. The van der Waals surface area contributed by atoms with Gasteiger partial charge in [0.25, 0.3) is 0 Å². The summed E-state index contributed by atoms with van der Waals surface area (Å²) in [5, 5.41) is 18.8. The largest absolute Gasteiger partial charge is 0.340 e. The third-order valence-electron chi connectivity index (χ3n) is 4.49. The van der Waals surface area contributed by atoms with Crippen molar-refractivity contribution in [1.82, 2.24) is 20.0 Å². The van der Waals surface area contributed by atoms with E-state index in [1.807, 2.05) is 9.80 Å². The predicted octanol–water partition coefficient (Wildman–Crippen LogP) is 0.976. The highest BCUT2D eigenvalue weighted by molar-refractivity contribution is 7.13. The van der Waals surface area contributed by atoms with Gasteiger partial charge < -0.3 is 4.90 Å². The Balaban J connectivity index is 1.35. The van der Waals surface area contributed by atoms with Crippen LogP contribution in [0.25, 0.3) is 0 Å². The smallest absolute Gasteiger partial charge is 0.240 e. The van der Waals surface area contributed by atoms with E-state index in [0.717, 1.165) is 0 Å². The van der Waals surface area contributed by atoms with Crippen molar-refractivity contribution in [2.75, 3.05) is 38.0 Å². The molecule has 3 rings (SSSR count). The Kier molecular flexibility index (Phi) is 5.90. The standard InChI is InChI=1S/C16H21N7O2S/c1-2-3-5-16(20-21-16)6-4-14(25)23-9-7-22(8-10-23)11-13(24)18-15-19-17-12-26-15/h1,12H,3-11H2,(H,18,19,24). The zero-order valence-corrected chi connectivity index (χ0v) is 15.2. The molecule has 2 aliphatic heterocycles. The number of carbonyl (C=O) groups excluding carboxylic acids is 2. The summed E-state index contributed by atoms with van der Waals surface area (Å²) in [5.74, 6) is 2.58. The van der Waals surface area contributed by atoms with Gasteiger partial charge in [-0.15, -0.1) is 22.5 Å². The van der Waals surface area contributed by atoms with E-state index in [2.05, 4.69) is 31.7 Å². The van der Waals surface area contributed by atoms with E-state index >= 15 is 0 Å². The average molecular weight is 375 g/mol. The number of carbonyl (C=O) groups is 2. The van der Waals surface area contributed by atoms with Gasteiger partial charge in [-0.25, -0.2) is 0 Å². The lowest BCUT2D eigenvalue weighted by molar-refractivity contribution is -0.133. The Morgan fingerprint density at radius 3 is 2.65 bits per heavy atom. The van der Waals surface area contributed by atoms with Crippen molar-refractivity contribution in [1.29, 1.82) is 0 Å². The van der Waals surface area contributed by atoms with Crippen LogP contribution < -0.4 is 5.32 Å². The Hall–Kier alpha value is -2.38. The van der Waals surface area contributed by atoms with Crippen molar-refractivity contribution in [2.24, 2.45) is 10.2 Å². The van der Waals surface area contributed by atoms with Gasteiger partial charge in [-0.3, -0.25) is 19.8 Å². The van der Waals surface area contributed by atoms with Crippen LogP contribution in [0, 0.1) is 12.3 Å². The summed E-state index contributed by atoms with van der Waals surface area (Å²) in [7, 11) is 0. The fraction of sp³-hybridized carbons (Fsp3) is 0.625. The first-order valence-electron chi connectivity index (χ1n) is 8.54. The lowest BCUT2D eigenvalue weighted by Gasteiger charge is -2.34. The fourth-order valence-corrected chi connectivity index (χ4v) is 3.34. The van der Waals surface area contributed by atoms with Gasteiger partial charge in [0.2, 0.25) is 16.9 Å². The maximum atomic E-state index is 12.4. The lowest BCUT2D eigenvalue weighted by atomic mass is 10.0. The lowest BCUT2D eigenvalue weighted by Crippen LogP contribution is -2.50. The van der Waals surface area contributed by atoms with E-state index in [1.165, 1.54) is 11.3 Å². The molecule has 3 heterocycles. The highest BCUT2D eigenvalue weighted by Gasteiger charge is 2.39. The van der Waals surface area contributed by atoms with Gasteiger partial charge in [0.15, 0.2) is 5.66 Å². The second-order valence-corrected chi connectivity index (χ2v) is 7.17. The molecule has 1 aromatic rings. The van der Waals surface area contributed by atoms with E-state index in [-0.39, 0.29) is 18.4 Å². The highest BCUT2D eigenvalue weighted by atomic mass is 32.1. The molecule has 0 unspecified atom stereocenters. The van der Waals surface area contributed by atoms with Crippen molar-refractivity contribution < 1.29 is 9.59 Å². The number of nitrogens with one attached hydrogen (secondary N) is 1. The first kappa shape index (κ1) is 18.4. The normalized spacial score (nSPS) is 18.3. The number of hydrogen-bond donors (Lipinski definition) is 1. The summed E-state index contributed by atoms with van der Waals surface area (Å²) in [6, 6.07) is 0. The number of terminal acetylenes is 1. The van der Waals surface area contributed by atoms with Crippen LogP contribution in [0.3, 0.4) is 0 Å². The number of nitrogens with zero attached hydrogens (tertiary/aromatic N) is 6. The molecule has 0 aromatic carbocycles. The van der Waals surface area contributed by atoms with Gasteiger partial charge in [0.1, 0.15) is 5.51 Å². The molecular formula is C16H21N7O2S. The number of rotatable bonds is 8. The number of hydrogen-bond acceptors (Lipinski definition) is 8. The van der Waals surface area contributed by atoms with Crippen LogP contribution in [0.2, 0.25) is 0 Å². The zero-order chi connectivity index (χ0) is 18.4. The number of anilines is 1. The third-order valence-corrected chi connectivity index (χ3v) is 5.10. The molecule has 0 radical (unpaired) electrons. The molecule has 2 amide bonds. The van der Waals surface area contributed by atoms with Crippen LogP contribution in [-0.2, 0) is 9.59 Å². The summed E-state index contributed by atoms with van der Waals surface area (Å²) < 4.78 is 0. The van der Waals surface area contributed by atoms with E-state index in [0.29, 0.717) is 57.0 Å². The third kappa shape index (κ3) is 5.06. The Morgan fingerprint density at radius 1 is 1.27 bits per heavy atom. The summed E-state index contributed by atoms with van der Waals surface area (Å²) in [5.41, 5.74) is 1.16. The topological polar surface area (TPSA) is 103 Å². The van der Waals surface area contributed by atoms with Crippen LogP contribution in [0.4, 0.5) is 5.13 Å². The quantitative estimate of drug-likeness (QED) is 0.682. The SMILES string of the molecule is C#CCCC1(CCC(=O)N2CCN(CC(=O)Nc3nncs3)CC2)N=N1. The Morgan fingerprint density at radius 2 is 2.04 bits per heavy atom. The van der Waals surface area contributed by atoms with Crippen molar-refractivity contribution in [3.63, 3.8) is 0 Å². The van der Waals surface area contributed by atoms with Crippen LogP contribution >= 0.6 is 11.3 Å². The Bertz CT molecular complexity index is 699. The Labute approximate surface area is 155 Å². The molecule has 1 fully saturated rings. The van der Waals surface area contributed by atoms with E-state index in [9.17, 15) is 9.59 Å². The van der Waals surface area contributed by atoms with Gasteiger partial charge in [-0.1, -0.05) is 11.3 Å². The minimum atomic E-state index is -0.410. The molecule has 1 aromatic heterocycles. The van der Waals surface area contributed by atoms with Crippen molar-refractivity contribution in [2.45, 2.75) is 31.3 Å². The zero-order valence-electron chi connectivity index (χ0n) is 14.4. The summed E-state index contributed by atoms with van der Waals surface area (Å²) in [4.78, 5) is 28.2. The molecule has 138 valence electrons. The first-order chi connectivity index (χ1) is 12.6. The van der Waals surface area contributed by atoms with Gasteiger partial charge in [0.05, 0.1) is 6.54 Å². The van der Waals surface area contributed by atoms with E-state index in [4.69, 9.17) is 6.42 Å². The predicted molar refractivity (Wildman–Crippen MR) is 96.4 cm³/mol. The van der Waals surface area contributed by atoms with Crippen molar-refractivity contribution in [3.05, 3.63) is 5.51 Å². The van der Waals surface area contributed by atoms with Crippen LogP contribution in [0.1, 0.15) is 25.7 Å². The molecule has 0 spiro atoms. The minimum absolute atomic E-state index is 0.111. The molecule has 0 bridgehead atoms. The number of aromatic nitrogens is 2.